The second kappa shape index (κ2) is 11.4. The van der Waals surface area contributed by atoms with Gasteiger partial charge in [0.25, 0.3) is 0 Å². The van der Waals surface area contributed by atoms with E-state index in [0.29, 0.717) is 6.42 Å². The second-order valence-corrected chi connectivity index (χ2v) is 11.9. The van der Waals surface area contributed by atoms with E-state index >= 15 is 0 Å². The van der Waals surface area contributed by atoms with E-state index in [2.05, 4.69) is 10.6 Å². The summed E-state index contributed by atoms with van der Waals surface area (Å²) in [6, 6.07) is 8.91. The number of hydrogen-bond acceptors (Lipinski definition) is 3. The summed E-state index contributed by atoms with van der Waals surface area (Å²) in [6.07, 6.45) is 4.17. The molecule has 6 nitrogen and oxygen atoms in total. The van der Waals surface area contributed by atoms with Crippen LogP contribution in [0.5, 0.6) is 0 Å². The molecule has 1 aromatic carbocycles. The maximum Gasteiger partial charge on any atom is 0.307 e. The molecule has 0 aromatic heterocycles. The van der Waals surface area contributed by atoms with Gasteiger partial charge < -0.3 is 15.7 Å². The monoisotopic (exact) mass is 472 g/mol. The van der Waals surface area contributed by atoms with Crippen molar-refractivity contribution < 1.29 is 19.5 Å². The summed E-state index contributed by atoms with van der Waals surface area (Å²) in [5, 5.41) is 16.2. The number of carboxylic acids is 1. The molecule has 190 valence electrons. The summed E-state index contributed by atoms with van der Waals surface area (Å²) < 4.78 is 0. The number of carboxylic acid groups (broad SMARTS) is 1. The average molecular weight is 473 g/mol. The van der Waals surface area contributed by atoms with Gasteiger partial charge >= 0.3 is 5.97 Å². The summed E-state index contributed by atoms with van der Waals surface area (Å²) in [5.41, 5.74) is -0.217. The number of aliphatic carboxylic acids is 1. The van der Waals surface area contributed by atoms with Crippen molar-refractivity contribution in [3.63, 3.8) is 0 Å². The predicted molar refractivity (Wildman–Crippen MR) is 135 cm³/mol. The van der Waals surface area contributed by atoms with Crippen LogP contribution in [-0.4, -0.2) is 28.9 Å². The van der Waals surface area contributed by atoms with Crippen LogP contribution in [0.15, 0.2) is 30.3 Å². The van der Waals surface area contributed by atoms with Crippen molar-refractivity contribution in [1.82, 2.24) is 10.6 Å². The molecule has 3 N–H and O–H groups in total. The van der Waals surface area contributed by atoms with Crippen LogP contribution in [0.3, 0.4) is 0 Å². The lowest BCUT2D eigenvalue weighted by Crippen LogP contribution is -2.58. The number of carbonyl (C=O) groups excluding carboxylic acids is 2. The first kappa shape index (κ1) is 27.9. The molecule has 0 radical (unpaired) electrons. The Kier molecular flexibility index (Phi) is 9.32. The van der Waals surface area contributed by atoms with Crippen molar-refractivity contribution in [3.8, 4) is 0 Å². The van der Waals surface area contributed by atoms with Crippen molar-refractivity contribution >= 4 is 17.8 Å². The summed E-state index contributed by atoms with van der Waals surface area (Å²) in [5.74, 6) is -2.74. The highest BCUT2D eigenvalue weighted by Crippen LogP contribution is 2.38. The number of carbonyl (C=O) groups is 3. The number of rotatable bonds is 10. The van der Waals surface area contributed by atoms with Gasteiger partial charge in [-0.05, 0) is 55.9 Å². The number of hydrogen-bond donors (Lipinski definition) is 3. The third-order valence-corrected chi connectivity index (χ3v) is 7.03. The van der Waals surface area contributed by atoms with Gasteiger partial charge in [0.15, 0.2) is 0 Å². The molecule has 0 aliphatic heterocycles. The maximum absolute atomic E-state index is 13.6. The number of benzene rings is 1. The van der Waals surface area contributed by atoms with Crippen molar-refractivity contribution in [2.45, 2.75) is 92.2 Å². The van der Waals surface area contributed by atoms with Crippen LogP contribution in [0.1, 0.15) is 86.1 Å². The molecule has 6 heteroatoms. The van der Waals surface area contributed by atoms with Gasteiger partial charge in [0, 0.05) is 0 Å². The zero-order chi connectivity index (χ0) is 25.7. The van der Waals surface area contributed by atoms with Gasteiger partial charge in [-0.25, -0.2) is 0 Å². The fraction of sp³-hybridized carbons (Fsp3) is 0.679. The predicted octanol–water partition coefficient (Wildman–Crippen LogP) is 5.12. The van der Waals surface area contributed by atoms with E-state index < -0.39 is 34.8 Å². The Morgan fingerprint density at radius 1 is 0.971 bits per heavy atom. The summed E-state index contributed by atoms with van der Waals surface area (Å²) in [7, 11) is 0. The summed E-state index contributed by atoms with van der Waals surface area (Å²) in [4.78, 5) is 39.4. The second-order valence-electron chi connectivity index (χ2n) is 11.9. The van der Waals surface area contributed by atoms with Gasteiger partial charge in [-0.1, -0.05) is 77.8 Å². The third kappa shape index (κ3) is 7.31. The van der Waals surface area contributed by atoms with Crippen molar-refractivity contribution in [2.24, 2.45) is 29.1 Å². The zero-order valence-electron chi connectivity index (χ0n) is 22.0. The smallest absolute Gasteiger partial charge is 0.307 e. The Labute approximate surface area is 205 Å². The highest BCUT2D eigenvalue weighted by molar-refractivity contribution is 5.91. The quantitative estimate of drug-likeness (QED) is 0.440. The molecular formula is C28H44N2O4. The molecule has 1 saturated carbocycles. The lowest BCUT2D eigenvalue weighted by molar-refractivity contribution is -0.151. The van der Waals surface area contributed by atoms with E-state index in [9.17, 15) is 19.5 Å². The standard InChI is InChI=1S/C28H44N2O4/c1-18(2)17-21(22(26(33)34)19-13-11-12-14-19)24(31)29-23(27(3,4)5)25(32)30-28(6,7)20-15-9-8-10-16-20/h8-10,15-16,18-19,21-23H,11-14,17H2,1-7H3,(H,29,31)(H,30,32)(H,33,34). The van der Waals surface area contributed by atoms with Gasteiger partial charge in [0.2, 0.25) is 11.8 Å². The molecule has 1 aromatic rings. The number of nitrogens with one attached hydrogen (secondary N) is 2. The van der Waals surface area contributed by atoms with E-state index in [1.54, 1.807) is 0 Å². The molecule has 34 heavy (non-hydrogen) atoms. The third-order valence-electron chi connectivity index (χ3n) is 7.03. The first-order valence-electron chi connectivity index (χ1n) is 12.6. The Hall–Kier alpha value is -2.37. The van der Waals surface area contributed by atoms with Crippen LogP contribution >= 0.6 is 0 Å². The Morgan fingerprint density at radius 2 is 1.53 bits per heavy atom. The van der Waals surface area contributed by atoms with Crippen LogP contribution in [0.25, 0.3) is 0 Å². The van der Waals surface area contributed by atoms with Gasteiger partial charge in [0.05, 0.1) is 17.4 Å². The van der Waals surface area contributed by atoms with Gasteiger partial charge in [-0.3, -0.25) is 14.4 Å². The van der Waals surface area contributed by atoms with Crippen LogP contribution in [0.2, 0.25) is 0 Å². The van der Waals surface area contributed by atoms with E-state index in [-0.39, 0.29) is 23.7 Å². The van der Waals surface area contributed by atoms with Crippen LogP contribution < -0.4 is 10.6 Å². The zero-order valence-corrected chi connectivity index (χ0v) is 22.0. The van der Waals surface area contributed by atoms with Crippen LogP contribution in [-0.2, 0) is 19.9 Å². The Balaban J connectivity index is 2.29. The highest BCUT2D eigenvalue weighted by Gasteiger charge is 2.43. The van der Waals surface area contributed by atoms with Gasteiger partial charge in [-0.2, -0.15) is 0 Å². The molecule has 0 saturated heterocycles. The Bertz CT molecular complexity index is 836. The lowest BCUT2D eigenvalue weighted by Gasteiger charge is -2.37. The molecule has 2 amide bonds. The summed E-state index contributed by atoms with van der Waals surface area (Å²) >= 11 is 0. The van der Waals surface area contributed by atoms with Crippen LogP contribution in [0, 0.1) is 29.1 Å². The summed E-state index contributed by atoms with van der Waals surface area (Å²) in [6.45, 7) is 13.6. The van der Waals surface area contributed by atoms with E-state index in [4.69, 9.17) is 0 Å². The molecule has 3 unspecified atom stereocenters. The molecule has 0 heterocycles. The fourth-order valence-electron chi connectivity index (χ4n) is 5.18. The molecule has 1 aliphatic rings. The van der Waals surface area contributed by atoms with Gasteiger partial charge in [0.1, 0.15) is 6.04 Å². The molecule has 3 atom stereocenters. The molecule has 1 aliphatic carbocycles. The fourth-order valence-corrected chi connectivity index (χ4v) is 5.18. The first-order valence-corrected chi connectivity index (χ1v) is 12.6. The molecule has 1 fully saturated rings. The lowest BCUT2D eigenvalue weighted by atomic mass is 9.75. The Morgan fingerprint density at radius 3 is 2.00 bits per heavy atom. The highest BCUT2D eigenvalue weighted by atomic mass is 16.4. The average Bonchev–Trinajstić information content (AvgIpc) is 3.24. The van der Waals surface area contributed by atoms with E-state index in [1.165, 1.54) is 0 Å². The largest absolute Gasteiger partial charge is 0.481 e. The first-order chi connectivity index (χ1) is 15.7. The molecule has 2 rings (SSSR count). The number of amides is 2. The minimum absolute atomic E-state index is 0.00549. The molecule has 0 bridgehead atoms. The van der Waals surface area contributed by atoms with E-state index in [0.717, 1.165) is 31.2 Å². The SMILES string of the molecule is CC(C)CC(C(=O)NC(C(=O)NC(C)(C)c1ccccc1)C(C)(C)C)C(C(=O)O)C1CCCC1. The van der Waals surface area contributed by atoms with Crippen LogP contribution in [0.4, 0.5) is 0 Å². The van der Waals surface area contributed by atoms with Crippen molar-refractivity contribution in [3.05, 3.63) is 35.9 Å². The van der Waals surface area contributed by atoms with Crippen molar-refractivity contribution in [2.75, 3.05) is 0 Å². The molecular weight excluding hydrogens is 428 g/mol. The minimum atomic E-state index is -0.908. The maximum atomic E-state index is 13.6. The minimum Gasteiger partial charge on any atom is -0.481 e. The normalized spacial score (nSPS) is 17.8. The topological polar surface area (TPSA) is 95.5 Å². The van der Waals surface area contributed by atoms with Crippen molar-refractivity contribution in [1.29, 1.82) is 0 Å². The molecule has 0 spiro atoms. The van der Waals surface area contributed by atoms with E-state index in [1.807, 2.05) is 78.8 Å². The van der Waals surface area contributed by atoms with Gasteiger partial charge in [-0.15, -0.1) is 0 Å².